The number of ether oxygens (including phenoxy) is 1. The highest BCUT2D eigenvalue weighted by Gasteiger charge is 2.31. The van der Waals surface area contributed by atoms with Crippen molar-refractivity contribution in [1.29, 1.82) is 0 Å². The van der Waals surface area contributed by atoms with Crippen molar-refractivity contribution in [3.8, 4) is 0 Å². The molecule has 6 nitrogen and oxygen atoms in total. The minimum Gasteiger partial charge on any atom is -0.444 e. The predicted octanol–water partition coefficient (Wildman–Crippen LogP) is 2.54. The number of hydrogen-bond acceptors (Lipinski definition) is 4. The second kappa shape index (κ2) is 7.26. The van der Waals surface area contributed by atoms with Gasteiger partial charge in [0.1, 0.15) is 11.1 Å². The van der Waals surface area contributed by atoms with Gasteiger partial charge in [0, 0.05) is 0 Å². The molecule has 0 fully saturated rings. The predicted molar refractivity (Wildman–Crippen MR) is 82.8 cm³/mol. The lowest BCUT2D eigenvalue weighted by Gasteiger charge is -2.27. The third-order valence-corrected chi connectivity index (χ3v) is 2.63. The Labute approximate surface area is 131 Å². The first-order valence-corrected chi connectivity index (χ1v) is 7.07. The lowest BCUT2D eigenvalue weighted by Crippen LogP contribution is -2.55. The molecular weight excluding hydrogens is 284 g/mol. The van der Waals surface area contributed by atoms with Crippen molar-refractivity contribution in [2.75, 3.05) is 0 Å². The Morgan fingerprint density at radius 1 is 1.05 bits per heavy atom. The molecular formula is C16H24N2O4. The van der Waals surface area contributed by atoms with Gasteiger partial charge in [-0.3, -0.25) is 9.63 Å². The highest BCUT2D eigenvalue weighted by atomic mass is 16.7. The zero-order chi connectivity index (χ0) is 16.8. The van der Waals surface area contributed by atoms with E-state index in [1.165, 1.54) is 0 Å². The number of amides is 2. The number of rotatable bonds is 5. The number of nitrogens with one attached hydrogen (secondary N) is 2. The maximum atomic E-state index is 12.0. The van der Waals surface area contributed by atoms with E-state index in [1.54, 1.807) is 34.6 Å². The van der Waals surface area contributed by atoms with Crippen LogP contribution in [-0.2, 0) is 21.0 Å². The van der Waals surface area contributed by atoms with Crippen LogP contribution in [0.25, 0.3) is 0 Å². The van der Waals surface area contributed by atoms with E-state index in [-0.39, 0.29) is 6.61 Å². The fraction of sp³-hybridized carbons (Fsp3) is 0.500. The molecule has 0 unspecified atom stereocenters. The number of carbonyl (C=O) groups is 2. The van der Waals surface area contributed by atoms with Gasteiger partial charge in [-0.15, -0.1) is 0 Å². The number of benzene rings is 1. The van der Waals surface area contributed by atoms with Crippen LogP contribution in [0.15, 0.2) is 30.3 Å². The molecule has 22 heavy (non-hydrogen) atoms. The maximum absolute atomic E-state index is 12.0. The summed E-state index contributed by atoms with van der Waals surface area (Å²) in [6.45, 7) is 8.64. The topological polar surface area (TPSA) is 76.7 Å². The van der Waals surface area contributed by atoms with Gasteiger partial charge in [-0.25, -0.2) is 10.3 Å². The van der Waals surface area contributed by atoms with Crippen LogP contribution in [-0.4, -0.2) is 23.1 Å². The van der Waals surface area contributed by atoms with E-state index >= 15 is 0 Å². The van der Waals surface area contributed by atoms with Crippen LogP contribution < -0.4 is 10.8 Å². The lowest BCUT2D eigenvalue weighted by molar-refractivity contribution is -0.140. The molecule has 1 aromatic carbocycles. The molecule has 0 aromatic heterocycles. The SMILES string of the molecule is CC(C)(C)OC(=O)NC(C)(C)C(=O)NOCc1ccccc1. The normalized spacial score (nSPS) is 11.7. The van der Waals surface area contributed by atoms with E-state index in [0.29, 0.717) is 0 Å². The molecule has 0 aliphatic carbocycles. The van der Waals surface area contributed by atoms with Gasteiger partial charge in [0.25, 0.3) is 5.91 Å². The molecule has 2 N–H and O–H groups in total. The standard InChI is InChI=1S/C16H24N2O4/c1-15(2,3)22-14(20)17-16(4,5)13(19)18-21-11-12-9-7-6-8-10-12/h6-10H,11H2,1-5H3,(H,17,20)(H,18,19). The Morgan fingerprint density at radius 3 is 2.18 bits per heavy atom. The first kappa shape index (κ1) is 18.0. The van der Waals surface area contributed by atoms with Crippen molar-refractivity contribution >= 4 is 12.0 Å². The van der Waals surface area contributed by atoms with Gasteiger partial charge in [0.15, 0.2) is 0 Å². The summed E-state index contributed by atoms with van der Waals surface area (Å²) in [6, 6.07) is 9.44. The smallest absolute Gasteiger partial charge is 0.408 e. The zero-order valence-electron chi connectivity index (χ0n) is 13.7. The molecule has 0 saturated heterocycles. The third-order valence-electron chi connectivity index (χ3n) is 2.63. The molecule has 0 spiro atoms. The van der Waals surface area contributed by atoms with Gasteiger partial charge in [-0.2, -0.15) is 0 Å². The minimum atomic E-state index is -1.15. The van der Waals surface area contributed by atoms with Gasteiger partial charge in [0.05, 0.1) is 6.61 Å². The average molecular weight is 308 g/mol. The van der Waals surface area contributed by atoms with Gasteiger partial charge < -0.3 is 10.1 Å². The molecule has 0 radical (unpaired) electrons. The van der Waals surface area contributed by atoms with E-state index in [0.717, 1.165) is 5.56 Å². The van der Waals surface area contributed by atoms with Crippen LogP contribution in [0.4, 0.5) is 4.79 Å². The molecule has 0 heterocycles. The van der Waals surface area contributed by atoms with Crippen molar-refractivity contribution in [2.24, 2.45) is 0 Å². The summed E-state index contributed by atoms with van der Waals surface area (Å²) in [5.41, 5.74) is 1.48. The van der Waals surface area contributed by atoms with Crippen LogP contribution >= 0.6 is 0 Å². The van der Waals surface area contributed by atoms with Crippen molar-refractivity contribution in [3.63, 3.8) is 0 Å². The summed E-state index contributed by atoms with van der Waals surface area (Å²) in [5.74, 6) is -0.464. The van der Waals surface area contributed by atoms with Crippen molar-refractivity contribution in [3.05, 3.63) is 35.9 Å². The first-order chi connectivity index (χ1) is 10.1. The molecule has 122 valence electrons. The summed E-state index contributed by atoms with van der Waals surface area (Å²) < 4.78 is 5.13. The zero-order valence-corrected chi connectivity index (χ0v) is 13.7. The van der Waals surface area contributed by atoms with Gasteiger partial charge >= 0.3 is 6.09 Å². The van der Waals surface area contributed by atoms with E-state index in [9.17, 15) is 9.59 Å². The van der Waals surface area contributed by atoms with Crippen molar-refractivity contribution in [2.45, 2.75) is 52.4 Å². The van der Waals surface area contributed by atoms with Crippen LogP contribution in [0, 0.1) is 0 Å². The van der Waals surface area contributed by atoms with Crippen LogP contribution in [0.1, 0.15) is 40.2 Å². The first-order valence-electron chi connectivity index (χ1n) is 7.07. The molecule has 0 atom stereocenters. The van der Waals surface area contributed by atoms with E-state index in [1.807, 2.05) is 30.3 Å². The third kappa shape index (κ3) is 6.58. The Kier molecular flexibility index (Phi) is 5.93. The highest BCUT2D eigenvalue weighted by molar-refractivity contribution is 5.88. The number of hydrogen-bond donors (Lipinski definition) is 2. The molecule has 0 saturated carbocycles. The molecule has 2 amide bonds. The van der Waals surface area contributed by atoms with E-state index in [4.69, 9.17) is 9.57 Å². The molecule has 0 aliphatic rings. The average Bonchev–Trinajstić information content (AvgIpc) is 2.36. The van der Waals surface area contributed by atoms with Gasteiger partial charge in [-0.1, -0.05) is 30.3 Å². The van der Waals surface area contributed by atoms with Crippen LogP contribution in [0.5, 0.6) is 0 Å². The van der Waals surface area contributed by atoms with E-state index in [2.05, 4.69) is 10.8 Å². The summed E-state index contributed by atoms with van der Waals surface area (Å²) in [6.07, 6.45) is -0.657. The second-order valence-electron chi connectivity index (χ2n) is 6.46. The summed E-state index contributed by atoms with van der Waals surface area (Å²) in [5, 5.41) is 2.51. The molecule has 1 aromatic rings. The Bertz CT molecular complexity index is 507. The fourth-order valence-corrected chi connectivity index (χ4v) is 1.50. The maximum Gasteiger partial charge on any atom is 0.408 e. The monoisotopic (exact) mass is 308 g/mol. The summed E-state index contributed by atoms with van der Waals surface area (Å²) in [4.78, 5) is 28.9. The number of hydroxylamine groups is 1. The molecule has 6 heteroatoms. The minimum absolute atomic E-state index is 0.245. The van der Waals surface area contributed by atoms with Crippen molar-refractivity contribution < 1.29 is 19.2 Å². The highest BCUT2D eigenvalue weighted by Crippen LogP contribution is 2.10. The quantitative estimate of drug-likeness (QED) is 0.820. The lowest BCUT2D eigenvalue weighted by atomic mass is 10.1. The number of alkyl carbamates (subject to hydrolysis) is 1. The van der Waals surface area contributed by atoms with E-state index < -0.39 is 23.1 Å². The Morgan fingerprint density at radius 2 is 1.64 bits per heavy atom. The largest absolute Gasteiger partial charge is 0.444 e. The number of carbonyl (C=O) groups excluding carboxylic acids is 2. The van der Waals surface area contributed by atoms with Crippen LogP contribution in [0.2, 0.25) is 0 Å². The molecule has 0 aliphatic heterocycles. The summed E-state index contributed by atoms with van der Waals surface area (Å²) >= 11 is 0. The van der Waals surface area contributed by atoms with Gasteiger partial charge in [-0.05, 0) is 40.2 Å². The van der Waals surface area contributed by atoms with Crippen LogP contribution in [0.3, 0.4) is 0 Å². The Balaban J connectivity index is 2.44. The van der Waals surface area contributed by atoms with Crippen molar-refractivity contribution in [1.82, 2.24) is 10.8 Å². The molecule has 1 rings (SSSR count). The Hall–Kier alpha value is -2.08. The summed E-state index contributed by atoms with van der Waals surface area (Å²) in [7, 11) is 0. The van der Waals surface area contributed by atoms with Gasteiger partial charge in [0.2, 0.25) is 0 Å². The fourth-order valence-electron chi connectivity index (χ4n) is 1.50. The molecule has 0 bridgehead atoms. The second-order valence-corrected chi connectivity index (χ2v) is 6.46.